The lowest BCUT2D eigenvalue weighted by molar-refractivity contribution is 0.0941. The highest BCUT2D eigenvalue weighted by Crippen LogP contribution is 2.07. The molecule has 5 heteroatoms. The topological polar surface area (TPSA) is 71.2 Å². The molecular weight excluding hydrogens is 264 g/mol. The first-order valence-electron chi connectivity index (χ1n) is 7.45. The van der Waals surface area contributed by atoms with Crippen LogP contribution in [0.2, 0.25) is 0 Å². The number of piperidine rings is 1. The SMILES string of the molecule is NCC#Cc1ccc(C(=O)NCCN2CCCCC2)nc1. The van der Waals surface area contributed by atoms with E-state index in [1.807, 2.05) is 0 Å². The summed E-state index contributed by atoms with van der Waals surface area (Å²) in [5.74, 6) is 5.50. The van der Waals surface area contributed by atoms with Gasteiger partial charge in [0, 0.05) is 24.8 Å². The van der Waals surface area contributed by atoms with Gasteiger partial charge in [0.15, 0.2) is 0 Å². The van der Waals surface area contributed by atoms with E-state index in [0.717, 1.165) is 25.2 Å². The maximum absolute atomic E-state index is 12.0. The molecule has 112 valence electrons. The molecule has 5 nitrogen and oxygen atoms in total. The monoisotopic (exact) mass is 286 g/mol. The van der Waals surface area contributed by atoms with E-state index in [1.165, 1.54) is 19.3 Å². The summed E-state index contributed by atoms with van der Waals surface area (Å²) in [6.45, 7) is 4.17. The van der Waals surface area contributed by atoms with Gasteiger partial charge in [-0.25, -0.2) is 4.98 Å². The Bertz CT molecular complexity index is 509. The number of amides is 1. The van der Waals surface area contributed by atoms with Crippen molar-refractivity contribution in [2.45, 2.75) is 19.3 Å². The average Bonchev–Trinajstić information content (AvgIpc) is 2.54. The van der Waals surface area contributed by atoms with Crippen LogP contribution in [-0.4, -0.2) is 48.5 Å². The molecule has 1 fully saturated rings. The summed E-state index contributed by atoms with van der Waals surface area (Å²) in [5.41, 5.74) is 6.50. The minimum Gasteiger partial charge on any atom is -0.349 e. The van der Waals surface area contributed by atoms with Crippen molar-refractivity contribution in [2.75, 3.05) is 32.7 Å². The summed E-state index contributed by atoms with van der Waals surface area (Å²) >= 11 is 0. The molecule has 3 N–H and O–H groups in total. The van der Waals surface area contributed by atoms with Crippen LogP contribution in [0.5, 0.6) is 0 Å². The Morgan fingerprint density at radius 2 is 2.14 bits per heavy atom. The fourth-order valence-corrected chi connectivity index (χ4v) is 2.36. The molecule has 21 heavy (non-hydrogen) atoms. The van der Waals surface area contributed by atoms with E-state index in [2.05, 4.69) is 27.0 Å². The van der Waals surface area contributed by atoms with Gasteiger partial charge in [0.25, 0.3) is 5.91 Å². The van der Waals surface area contributed by atoms with Crippen molar-refractivity contribution in [1.82, 2.24) is 15.2 Å². The Kier molecular flexibility index (Phi) is 6.20. The molecule has 2 rings (SSSR count). The summed E-state index contributed by atoms with van der Waals surface area (Å²) in [4.78, 5) is 18.5. The molecular formula is C16H22N4O. The lowest BCUT2D eigenvalue weighted by Crippen LogP contribution is -2.37. The van der Waals surface area contributed by atoms with E-state index in [9.17, 15) is 4.79 Å². The zero-order valence-corrected chi connectivity index (χ0v) is 12.3. The number of likely N-dealkylation sites (tertiary alicyclic amines) is 1. The molecule has 0 saturated carbocycles. The van der Waals surface area contributed by atoms with Crippen LogP contribution in [-0.2, 0) is 0 Å². The minimum atomic E-state index is -0.134. The second kappa shape index (κ2) is 8.40. The van der Waals surface area contributed by atoms with E-state index >= 15 is 0 Å². The van der Waals surface area contributed by atoms with Gasteiger partial charge in [-0.3, -0.25) is 4.79 Å². The Balaban J connectivity index is 1.77. The largest absolute Gasteiger partial charge is 0.349 e. The van der Waals surface area contributed by atoms with Crippen molar-refractivity contribution in [3.8, 4) is 11.8 Å². The van der Waals surface area contributed by atoms with Crippen molar-refractivity contribution in [3.63, 3.8) is 0 Å². The second-order valence-electron chi connectivity index (χ2n) is 5.10. The number of nitrogens with two attached hydrogens (primary N) is 1. The smallest absolute Gasteiger partial charge is 0.269 e. The van der Waals surface area contributed by atoms with Crippen LogP contribution >= 0.6 is 0 Å². The highest BCUT2D eigenvalue weighted by molar-refractivity contribution is 5.92. The van der Waals surface area contributed by atoms with Crippen molar-refractivity contribution < 1.29 is 4.79 Å². The quantitative estimate of drug-likeness (QED) is 0.796. The third-order valence-electron chi connectivity index (χ3n) is 3.49. The molecule has 2 heterocycles. The van der Waals surface area contributed by atoms with Gasteiger partial charge in [-0.05, 0) is 38.1 Å². The maximum atomic E-state index is 12.0. The fraction of sp³-hybridized carbons (Fsp3) is 0.500. The first kappa shape index (κ1) is 15.5. The highest BCUT2D eigenvalue weighted by atomic mass is 16.1. The normalized spacial score (nSPS) is 15.1. The van der Waals surface area contributed by atoms with Gasteiger partial charge in [0.2, 0.25) is 0 Å². The zero-order valence-electron chi connectivity index (χ0n) is 12.3. The van der Waals surface area contributed by atoms with Crippen LogP contribution in [0.15, 0.2) is 18.3 Å². The molecule has 0 atom stereocenters. The van der Waals surface area contributed by atoms with Gasteiger partial charge in [-0.15, -0.1) is 0 Å². The standard InChI is InChI=1S/C16H22N4O/c17-8-4-5-14-6-7-15(19-13-14)16(21)18-9-12-20-10-2-1-3-11-20/h6-7,13H,1-3,8-12,17H2,(H,18,21). The third kappa shape index (κ3) is 5.18. The van der Waals surface area contributed by atoms with E-state index < -0.39 is 0 Å². The molecule has 0 unspecified atom stereocenters. The zero-order chi connectivity index (χ0) is 14.9. The van der Waals surface area contributed by atoms with Gasteiger partial charge in [-0.2, -0.15) is 0 Å². The van der Waals surface area contributed by atoms with Gasteiger partial charge in [0.05, 0.1) is 6.54 Å². The number of pyridine rings is 1. The molecule has 0 spiro atoms. The molecule has 0 bridgehead atoms. The van der Waals surface area contributed by atoms with Crippen molar-refractivity contribution in [3.05, 3.63) is 29.6 Å². The fourth-order valence-electron chi connectivity index (χ4n) is 2.36. The molecule has 0 radical (unpaired) electrons. The van der Waals surface area contributed by atoms with E-state index in [0.29, 0.717) is 18.8 Å². The van der Waals surface area contributed by atoms with Gasteiger partial charge in [-0.1, -0.05) is 18.3 Å². The van der Waals surface area contributed by atoms with Gasteiger partial charge in [0.1, 0.15) is 5.69 Å². The average molecular weight is 286 g/mol. The van der Waals surface area contributed by atoms with E-state index in [1.54, 1.807) is 18.3 Å². The molecule has 0 aromatic carbocycles. The number of rotatable bonds is 4. The Morgan fingerprint density at radius 1 is 1.33 bits per heavy atom. The van der Waals surface area contributed by atoms with E-state index in [-0.39, 0.29) is 5.91 Å². The molecule has 1 aromatic heterocycles. The van der Waals surface area contributed by atoms with Crippen LogP contribution < -0.4 is 11.1 Å². The Labute approximate surface area is 125 Å². The molecule has 1 saturated heterocycles. The molecule has 1 aliphatic heterocycles. The lowest BCUT2D eigenvalue weighted by Gasteiger charge is -2.26. The maximum Gasteiger partial charge on any atom is 0.269 e. The number of hydrogen-bond acceptors (Lipinski definition) is 4. The Hall–Kier alpha value is -1.90. The number of nitrogens with zero attached hydrogens (tertiary/aromatic N) is 2. The predicted molar refractivity (Wildman–Crippen MR) is 82.8 cm³/mol. The summed E-state index contributed by atoms with van der Waals surface area (Å²) in [6, 6.07) is 3.48. The van der Waals surface area contributed by atoms with Crippen LogP contribution in [0.1, 0.15) is 35.3 Å². The van der Waals surface area contributed by atoms with Gasteiger partial charge >= 0.3 is 0 Å². The number of carbonyl (C=O) groups is 1. The predicted octanol–water partition coefficient (Wildman–Crippen LogP) is 0.607. The number of nitrogens with one attached hydrogen (secondary N) is 1. The van der Waals surface area contributed by atoms with Crippen molar-refractivity contribution >= 4 is 5.91 Å². The minimum absolute atomic E-state index is 0.134. The highest BCUT2D eigenvalue weighted by Gasteiger charge is 2.11. The van der Waals surface area contributed by atoms with Crippen LogP contribution in [0.4, 0.5) is 0 Å². The second-order valence-corrected chi connectivity index (χ2v) is 5.10. The van der Waals surface area contributed by atoms with E-state index in [4.69, 9.17) is 5.73 Å². The first-order valence-corrected chi connectivity index (χ1v) is 7.45. The third-order valence-corrected chi connectivity index (χ3v) is 3.49. The summed E-state index contributed by atoms with van der Waals surface area (Å²) in [5, 5.41) is 2.91. The van der Waals surface area contributed by atoms with Crippen LogP contribution in [0, 0.1) is 11.8 Å². The number of carbonyl (C=O) groups excluding carboxylic acids is 1. The van der Waals surface area contributed by atoms with Crippen LogP contribution in [0.25, 0.3) is 0 Å². The van der Waals surface area contributed by atoms with Crippen molar-refractivity contribution in [1.29, 1.82) is 0 Å². The summed E-state index contributed by atoms with van der Waals surface area (Å²) < 4.78 is 0. The summed E-state index contributed by atoms with van der Waals surface area (Å²) in [7, 11) is 0. The summed E-state index contributed by atoms with van der Waals surface area (Å²) in [6.07, 6.45) is 5.45. The van der Waals surface area contributed by atoms with Gasteiger partial charge < -0.3 is 16.0 Å². The number of aromatic nitrogens is 1. The lowest BCUT2D eigenvalue weighted by atomic mass is 10.1. The molecule has 1 aliphatic rings. The number of hydrogen-bond donors (Lipinski definition) is 2. The molecule has 0 aliphatic carbocycles. The van der Waals surface area contributed by atoms with Crippen molar-refractivity contribution in [2.24, 2.45) is 5.73 Å². The van der Waals surface area contributed by atoms with Crippen LogP contribution in [0.3, 0.4) is 0 Å². The first-order chi connectivity index (χ1) is 10.3. The Morgan fingerprint density at radius 3 is 2.81 bits per heavy atom. The molecule has 1 aromatic rings. The molecule has 1 amide bonds.